The Labute approximate surface area is 65.3 Å². The molecule has 0 aliphatic rings. The fourth-order valence-electron chi connectivity index (χ4n) is 0.580. The van der Waals surface area contributed by atoms with Crippen molar-refractivity contribution >= 4 is 0 Å². The molecule has 0 fully saturated rings. The van der Waals surface area contributed by atoms with Crippen molar-refractivity contribution in [1.82, 2.24) is 5.32 Å². The number of nitrogens with one attached hydrogen (secondary N) is 1. The van der Waals surface area contributed by atoms with Gasteiger partial charge in [-0.25, -0.2) is 0 Å². The maximum absolute atomic E-state index is 8.73. The Morgan fingerprint density at radius 1 is 1.09 bits per heavy atom. The molecule has 0 spiro atoms. The summed E-state index contributed by atoms with van der Waals surface area (Å²) in [6.07, 6.45) is 0. The summed E-state index contributed by atoms with van der Waals surface area (Å²) >= 11 is 0. The molecule has 0 amide bonds. The van der Waals surface area contributed by atoms with Crippen LogP contribution in [0.5, 0.6) is 0 Å². The molecule has 0 aliphatic heterocycles. The van der Waals surface area contributed by atoms with Crippen LogP contribution in [-0.2, 0) is 0 Å². The molecule has 5 nitrogen and oxygen atoms in total. The van der Waals surface area contributed by atoms with E-state index in [1.807, 2.05) is 0 Å². The molecule has 0 aliphatic carbocycles. The van der Waals surface area contributed by atoms with Gasteiger partial charge in [0.25, 0.3) is 0 Å². The second-order valence-electron chi connectivity index (χ2n) is 2.32. The minimum atomic E-state index is -1.10. The van der Waals surface area contributed by atoms with Crippen molar-refractivity contribution in [2.24, 2.45) is 0 Å². The van der Waals surface area contributed by atoms with Crippen molar-refractivity contribution in [3.05, 3.63) is 6.61 Å². The maximum atomic E-state index is 8.73. The minimum absolute atomic E-state index is 0.113. The van der Waals surface area contributed by atoms with Crippen LogP contribution in [0.15, 0.2) is 0 Å². The third-order valence-corrected chi connectivity index (χ3v) is 1.48. The van der Waals surface area contributed by atoms with E-state index in [0.29, 0.717) is 0 Å². The highest BCUT2D eigenvalue weighted by Crippen LogP contribution is 2.00. The van der Waals surface area contributed by atoms with E-state index >= 15 is 0 Å². The van der Waals surface area contributed by atoms with Gasteiger partial charge in [-0.2, -0.15) is 0 Å². The quantitative estimate of drug-likeness (QED) is 0.308. The molecule has 0 rings (SSSR count). The lowest BCUT2D eigenvalue weighted by molar-refractivity contribution is 0.0425. The maximum Gasteiger partial charge on any atom is 0.0935 e. The van der Waals surface area contributed by atoms with Gasteiger partial charge in [0.15, 0.2) is 0 Å². The van der Waals surface area contributed by atoms with E-state index in [1.54, 1.807) is 0 Å². The monoisotopic (exact) mass is 164 g/mol. The number of hydrogen-bond acceptors (Lipinski definition) is 5. The topological polar surface area (TPSA) is 93.0 Å². The van der Waals surface area contributed by atoms with Crippen molar-refractivity contribution in [2.75, 3.05) is 26.4 Å². The first-order valence-electron chi connectivity index (χ1n) is 3.28. The van der Waals surface area contributed by atoms with Crippen molar-refractivity contribution in [1.29, 1.82) is 0 Å². The fourth-order valence-corrected chi connectivity index (χ4v) is 0.580. The first kappa shape index (κ1) is 10.8. The minimum Gasteiger partial charge on any atom is -0.394 e. The standard InChI is InChI=1S/C6H14NO4/c8-2-1-7-6(3-9,4-10)5-11/h2,7-11H,1,3-5H2. The van der Waals surface area contributed by atoms with Crippen molar-refractivity contribution in [3.8, 4) is 0 Å². The predicted octanol–water partition coefficient (Wildman–Crippen LogP) is -2.17. The normalized spacial score (nSPS) is 12.0. The highest BCUT2D eigenvalue weighted by Gasteiger charge is 2.26. The summed E-state index contributed by atoms with van der Waals surface area (Å²) in [5.74, 6) is 0. The number of hydrogen-bond donors (Lipinski definition) is 5. The zero-order valence-electron chi connectivity index (χ0n) is 6.19. The van der Waals surface area contributed by atoms with Crippen LogP contribution < -0.4 is 5.32 Å². The fraction of sp³-hybridized carbons (Fsp3) is 0.833. The largest absolute Gasteiger partial charge is 0.394 e. The SMILES string of the molecule is O[CH]CNC(CO)(CO)CO. The van der Waals surface area contributed by atoms with Crippen molar-refractivity contribution in [3.63, 3.8) is 0 Å². The summed E-state index contributed by atoms with van der Waals surface area (Å²) in [4.78, 5) is 0. The average molecular weight is 164 g/mol. The van der Waals surface area contributed by atoms with E-state index in [0.717, 1.165) is 6.61 Å². The van der Waals surface area contributed by atoms with Crippen LogP contribution in [0.1, 0.15) is 0 Å². The lowest BCUT2D eigenvalue weighted by Gasteiger charge is -2.28. The van der Waals surface area contributed by atoms with Gasteiger partial charge >= 0.3 is 0 Å². The van der Waals surface area contributed by atoms with Crippen LogP contribution in [0, 0.1) is 6.61 Å². The van der Waals surface area contributed by atoms with Crippen LogP contribution in [0.2, 0.25) is 0 Å². The number of rotatable bonds is 6. The van der Waals surface area contributed by atoms with Gasteiger partial charge in [0.2, 0.25) is 0 Å². The van der Waals surface area contributed by atoms with E-state index in [9.17, 15) is 0 Å². The third-order valence-electron chi connectivity index (χ3n) is 1.48. The molecule has 67 valence electrons. The molecule has 0 saturated carbocycles. The molecule has 0 bridgehead atoms. The Morgan fingerprint density at radius 2 is 1.55 bits per heavy atom. The van der Waals surface area contributed by atoms with E-state index in [-0.39, 0.29) is 26.4 Å². The molecule has 1 radical (unpaired) electrons. The molecule has 0 aromatic rings. The van der Waals surface area contributed by atoms with Crippen LogP contribution >= 0.6 is 0 Å². The second-order valence-corrected chi connectivity index (χ2v) is 2.32. The van der Waals surface area contributed by atoms with Gasteiger partial charge in [-0.05, 0) is 0 Å². The summed E-state index contributed by atoms with van der Waals surface area (Å²) in [5, 5.41) is 37.0. The van der Waals surface area contributed by atoms with Gasteiger partial charge in [-0.3, -0.25) is 0 Å². The second kappa shape index (κ2) is 5.45. The Balaban J connectivity index is 3.84. The van der Waals surface area contributed by atoms with Crippen molar-refractivity contribution < 1.29 is 20.4 Å². The Morgan fingerprint density at radius 3 is 1.82 bits per heavy atom. The molecular formula is C6H14NO4. The highest BCUT2D eigenvalue weighted by molar-refractivity contribution is 4.86. The molecule has 0 atom stereocenters. The summed E-state index contributed by atoms with van der Waals surface area (Å²) < 4.78 is 0. The van der Waals surface area contributed by atoms with Crippen LogP contribution in [0.25, 0.3) is 0 Å². The summed E-state index contributed by atoms with van der Waals surface area (Å²) in [5.41, 5.74) is -1.10. The summed E-state index contributed by atoms with van der Waals surface area (Å²) in [7, 11) is 0. The first-order valence-corrected chi connectivity index (χ1v) is 3.28. The lowest BCUT2D eigenvalue weighted by atomic mass is 10.0. The van der Waals surface area contributed by atoms with E-state index in [4.69, 9.17) is 20.4 Å². The third kappa shape index (κ3) is 3.13. The Bertz CT molecular complexity index is 86.3. The zero-order chi connectivity index (χ0) is 8.74. The van der Waals surface area contributed by atoms with Crippen LogP contribution in [-0.4, -0.2) is 52.3 Å². The molecule has 0 heterocycles. The Hall–Kier alpha value is -0.200. The van der Waals surface area contributed by atoms with E-state index in [1.165, 1.54) is 0 Å². The van der Waals surface area contributed by atoms with Gasteiger partial charge in [0.1, 0.15) is 0 Å². The average Bonchev–Trinajstić information content (AvgIpc) is 2.08. The molecule has 5 heteroatoms. The van der Waals surface area contributed by atoms with E-state index < -0.39 is 5.54 Å². The molecule has 0 aromatic carbocycles. The molecule has 5 N–H and O–H groups in total. The van der Waals surface area contributed by atoms with Gasteiger partial charge < -0.3 is 25.7 Å². The first-order chi connectivity index (χ1) is 5.24. The van der Waals surface area contributed by atoms with Gasteiger partial charge in [0.05, 0.1) is 32.0 Å². The Kier molecular flexibility index (Phi) is 5.35. The number of aliphatic hydroxyl groups is 4. The highest BCUT2D eigenvalue weighted by atomic mass is 16.3. The molecule has 0 unspecified atom stereocenters. The zero-order valence-corrected chi connectivity index (χ0v) is 6.19. The van der Waals surface area contributed by atoms with Gasteiger partial charge in [-0.1, -0.05) is 0 Å². The van der Waals surface area contributed by atoms with Gasteiger partial charge in [0, 0.05) is 6.54 Å². The van der Waals surface area contributed by atoms with Crippen molar-refractivity contribution in [2.45, 2.75) is 5.54 Å². The number of aliphatic hydroxyl groups excluding tert-OH is 4. The van der Waals surface area contributed by atoms with Crippen LogP contribution in [0.3, 0.4) is 0 Å². The predicted molar refractivity (Wildman–Crippen MR) is 38.2 cm³/mol. The molecular weight excluding hydrogens is 150 g/mol. The molecule has 0 saturated heterocycles. The molecule has 11 heavy (non-hydrogen) atoms. The van der Waals surface area contributed by atoms with Gasteiger partial charge in [-0.15, -0.1) is 0 Å². The summed E-state index contributed by atoms with van der Waals surface area (Å²) in [6.45, 7) is -0.188. The smallest absolute Gasteiger partial charge is 0.0935 e. The molecule has 0 aromatic heterocycles. The summed E-state index contributed by atoms with van der Waals surface area (Å²) in [6, 6.07) is 0. The van der Waals surface area contributed by atoms with E-state index in [2.05, 4.69) is 5.32 Å². The van der Waals surface area contributed by atoms with Crippen LogP contribution in [0.4, 0.5) is 0 Å². The lowest BCUT2D eigenvalue weighted by Crippen LogP contribution is -2.55.